The van der Waals surface area contributed by atoms with Gasteiger partial charge in [-0.3, -0.25) is 5.32 Å². The number of nitrogens with one attached hydrogen (secondary N) is 1. The molecule has 0 unspecified atom stereocenters. The zero-order chi connectivity index (χ0) is 12.1. The number of aromatic nitrogens is 2. The van der Waals surface area contributed by atoms with Gasteiger partial charge >= 0.3 is 6.09 Å². The molecule has 0 aliphatic rings. The van der Waals surface area contributed by atoms with Gasteiger partial charge in [0.25, 0.3) is 0 Å². The van der Waals surface area contributed by atoms with Crippen molar-refractivity contribution in [1.29, 1.82) is 0 Å². The minimum Gasteiger partial charge on any atom is -0.410 e. The van der Waals surface area contributed by atoms with Gasteiger partial charge in [-0.05, 0) is 19.1 Å². The maximum absolute atomic E-state index is 11.5. The summed E-state index contributed by atoms with van der Waals surface area (Å²) in [5.41, 5.74) is 0.773. The molecule has 0 saturated heterocycles. The number of carbonyl (C=O) groups excluding carboxylic acids is 1. The van der Waals surface area contributed by atoms with E-state index in [9.17, 15) is 4.79 Å². The Kier molecular flexibility index (Phi) is 3.30. The van der Waals surface area contributed by atoms with E-state index in [1.807, 2.05) is 13.0 Å². The first-order valence-corrected chi connectivity index (χ1v) is 5.06. The Bertz CT molecular complexity index is 514. The minimum atomic E-state index is -0.575. The van der Waals surface area contributed by atoms with E-state index in [4.69, 9.17) is 4.74 Å². The second-order valence-electron chi connectivity index (χ2n) is 3.37. The molecule has 2 rings (SSSR count). The molecule has 1 amide bonds. The van der Waals surface area contributed by atoms with E-state index < -0.39 is 6.09 Å². The standard InChI is InChI=1S/C12H11N3O2/c1-9-7-11(14-8-13-9)15-12(16)17-10-5-3-2-4-6-10/h2-8H,1H3,(H,13,14,15,16). The average molecular weight is 229 g/mol. The maximum Gasteiger partial charge on any atom is 0.418 e. The zero-order valence-electron chi connectivity index (χ0n) is 9.25. The number of aryl methyl sites for hydroxylation is 1. The van der Waals surface area contributed by atoms with Crippen molar-refractivity contribution in [3.8, 4) is 5.75 Å². The number of anilines is 1. The molecule has 0 bridgehead atoms. The third-order valence-corrected chi connectivity index (χ3v) is 1.99. The SMILES string of the molecule is Cc1cc(NC(=O)Oc2ccccc2)ncn1. The van der Waals surface area contributed by atoms with Crippen LogP contribution in [0, 0.1) is 6.92 Å². The molecule has 17 heavy (non-hydrogen) atoms. The van der Waals surface area contributed by atoms with Gasteiger partial charge in [-0.15, -0.1) is 0 Å². The molecule has 0 saturated carbocycles. The Balaban J connectivity index is 1.98. The summed E-state index contributed by atoms with van der Waals surface area (Å²) in [4.78, 5) is 19.3. The molecule has 0 aliphatic heterocycles. The molecule has 1 N–H and O–H groups in total. The Labute approximate surface area is 98.5 Å². The second kappa shape index (κ2) is 5.07. The summed E-state index contributed by atoms with van der Waals surface area (Å²) in [6.07, 6.45) is 0.808. The van der Waals surface area contributed by atoms with Gasteiger partial charge in [0.15, 0.2) is 0 Å². The molecule has 86 valence electrons. The topological polar surface area (TPSA) is 64.1 Å². The normalized spacial score (nSPS) is 9.71. The number of hydrogen-bond donors (Lipinski definition) is 1. The van der Waals surface area contributed by atoms with Crippen molar-refractivity contribution >= 4 is 11.9 Å². The molecule has 0 spiro atoms. The van der Waals surface area contributed by atoms with E-state index in [2.05, 4.69) is 15.3 Å². The van der Waals surface area contributed by atoms with Crippen LogP contribution in [0.5, 0.6) is 5.75 Å². The largest absolute Gasteiger partial charge is 0.418 e. The van der Waals surface area contributed by atoms with Crippen molar-refractivity contribution < 1.29 is 9.53 Å². The van der Waals surface area contributed by atoms with E-state index in [0.29, 0.717) is 11.6 Å². The molecule has 0 radical (unpaired) electrons. The Morgan fingerprint density at radius 1 is 1.24 bits per heavy atom. The van der Waals surface area contributed by atoms with E-state index in [-0.39, 0.29) is 0 Å². The smallest absolute Gasteiger partial charge is 0.410 e. The molecule has 5 heteroatoms. The number of benzene rings is 1. The van der Waals surface area contributed by atoms with Gasteiger partial charge in [0.1, 0.15) is 17.9 Å². The second-order valence-corrected chi connectivity index (χ2v) is 3.37. The first kappa shape index (κ1) is 11.1. The van der Waals surface area contributed by atoms with E-state index in [1.165, 1.54) is 6.33 Å². The molecule has 5 nitrogen and oxygen atoms in total. The summed E-state index contributed by atoms with van der Waals surface area (Å²) in [6.45, 7) is 1.81. The van der Waals surface area contributed by atoms with Gasteiger partial charge in [0.05, 0.1) is 0 Å². The van der Waals surface area contributed by atoms with Crippen LogP contribution in [0.4, 0.5) is 10.6 Å². The minimum absolute atomic E-state index is 0.415. The van der Waals surface area contributed by atoms with Gasteiger partial charge < -0.3 is 4.74 Å². The summed E-state index contributed by atoms with van der Waals surface area (Å²) in [5.74, 6) is 0.897. The van der Waals surface area contributed by atoms with E-state index >= 15 is 0 Å². The number of rotatable bonds is 2. The van der Waals surface area contributed by atoms with Gasteiger partial charge in [-0.1, -0.05) is 18.2 Å². The van der Waals surface area contributed by atoms with Crippen LogP contribution in [0.25, 0.3) is 0 Å². The third kappa shape index (κ3) is 3.27. The highest BCUT2D eigenvalue weighted by Gasteiger charge is 2.05. The first-order valence-electron chi connectivity index (χ1n) is 5.06. The highest BCUT2D eigenvalue weighted by atomic mass is 16.6. The Morgan fingerprint density at radius 2 is 2.00 bits per heavy atom. The van der Waals surface area contributed by atoms with Crippen molar-refractivity contribution in [2.75, 3.05) is 5.32 Å². The molecule has 1 aromatic heterocycles. The molecule has 1 aromatic carbocycles. The summed E-state index contributed by atoms with van der Waals surface area (Å²) < 4.78 is 5.05. The van der Waals surface area contributed by atoms with Gasteiger partial charge in [-0.2, -0.15) is 0 Å². The fraction of sp³-hybridized carbons (Fsp3) is 0.0833. The lowest BCUT2D eigenvalue weighted by Gasteiger charge is -2.05. The third-order valence-electron chi connectivity index (χ3n) is 1.99. The van der Waals surface area contributed by atoms with Gasteiger partial charge in [0, 0.05) is 11.8 Å². The van der Waals surface area contributed by atoms with Crippen LogP contribution in [0.15, 0.2) is 42.7 Å². The number of carbonyl (C=O) groups is 1. The quantitative estimate of drug-likeness (QED) is 0.858. The van der Waals surface area contributed by atoms with E-state index in [1.54, 1.807) is 30.3 Å². The zero-order valence-corrected chi connectivity index (χ0v) is 9.25. The highest BCUT2D eigenvalue weighted by molar-refractivity contribution is 5.85. The lowest BCUT2D eigenvalue weighted by atomic mass is 10.3. The predicted molar refractivity (Wildman–Crippen MR) is 62.9 cm³/mol. The van der Waals surface area contributed by atoms with E-state index in [0.717, 1.165) is 5.69 Å². The van der Waals surface area contributed by atoms with Crippen LogP contribution < -0.4 is 10.1 Å². The lowest BCUT2D eigenvalue weighted by molar-refractivity contribution is 0.215. The summed E-state index contributed by atoms with van der Waals surface area (Å²) >= 11 is 0. The average Bonchev–Trinajstić information content (AvgIpc) is 2.30. The summed E-state index contributed by atoms with van der Waals surface area (Å²) in [5, 5.41) is 2.52. The van der Waals surface area contributed by atoms with Crippen LogP contribution in [0.3, 0.4) is 0 Å². The number of ether oxygens (including phenoxy) is 1. The fourth-order valence-corrected chi connectivity index (χ4v) is 1.25. The number of para-hydroxylation sites is 1. The van der Waals surface area contributed by atoms with Gasteiger partial charge in [-0.25, -0.2) is 14.8 Å². The van der Waals surface area contributed by atoms with Crippen LogP contribution in [-0.4, -0.2) is 16.1 Å². The van der Waals surface area contributed by atoms with Crippen LogP contribution in [0.2, 0.25) is 0 Å². The monoisotopic (exact) mass is 229 g/mol. The lowest BCUT2D eigenvalue weighted by Crippen LogP contribution is -2.17. The molecular formula is C12H11N3O2. The van der Waals surface area contributed by atoms with Crippen LogP contribution >= 0.6 is 0 Å². The molecule has 0 fully saturated rings. The number of nitrogens with zero attached hydrogens (tertiary/aromatic N) is 2. The predicted octanol–water partition coefficient (Wildman–Crippen LogP) is 2.40. The molecular weight excluding hydrogens is 218 g/mol. The first-order chi connectivity index (χ1) is 8.24. The molecule has 0 atom stereocenters. The highest BCUT2D eigenvalue weighted by Crippen LogP contribution is 2.10. The van der Waals surface area contributed by atoms with Crippen molar-refractivity contribution in [2.45, 2.75) is 6.92 Å². The Morgan fingerprint density at radius 3 is 2.71 bits per heavy atom. The van der Waals surface area contributed by atoms with Crippen molar-refractivity contribution in [1.82, 2.24) is 9.97 Å². The molecule has 1 heterocycles. The fourth-order valence-electron chi connectivity index (χ4n) is 1.25. The van der Waals surface area contributed by atoms with Crippen molar-refractivity contribution in [3.05, 3.63) is 48.4 Å². The summed E-state index contributed by atoms with van der Waals surface area (Å²) in [6, 6.07) is 10.5. The van der Waals surface area contributed by atoms with Gasteiger partial charge in [0.2, 0.25) is 0 Å². The van der Waals surface area contributed by atoms with Crippen molar-refractivity contribution in [3.63, 3.8) is 0 Å². The van der Waals surface area contributed by atoms with Crippen LogP contribution in [0.1, 0.15) is 5.69 Å². The molecule has 2 aromatic rings. The van der Waals surface area contributed by atoms with Crippen LogP contribution in [-0.2, 0) is 0 Å². The Hall–Kier alpha value is -2.43. The summed E-state index contributed by atoms with van der Waals surface area (Å²) in [7, 11) is 0. The number of hydrogen-bond acceptors (Lipinski definition) is 4. The van der Waals surface area contributed by atoms with Crippen molar-refractivity contribution in [2.24, 2.45) is 0 Å². The number of amides is 1. The maximum atomic E-state index is 11.5. The molecule has 0 aliphatic carbocycles.